The molecule has 0 bridgehead atoms. The molecule has 2 rings (SSSR count). The van der Waals surface area contributed by atoms with Gasteiger partial charge in [0.1, 0.15) is 0 Å². The number of nitrogens with one attached hydrogen (secondary N) is 1. The minimum Gasteiger partial charge on any atom is -0.396 e. The average molecular weight is 292 g/mol. The highest BCUT2D eigenvalue weighted by atomic mass is 16.3. The van der Waals surface area contributed by atoms with Gasteiger partial charge in [-0.05, 0) is 30.7 Å². The third-order valence-electron chi connectivity index (χ3n) is 4.24. The number of benzene rings is 1. The van der Waals surface area contributed by atoms with Gasteiger partial charge >= 0.3 is 0 Å². The zero-order valence-corrected chi connectivity index (χ0v) is 12.7. The summed E-state index contributed by atoms with van der Waals surface area (Å²) in [5.74, 6) is 0.616. The minimum absolute atomic E-state index is 0.220. The summed E-state index contributed by atoms with van der Waals surface area (Å²) in [5.41, 5.74) is 1.31. The fraction of sp³-hybridized carbons (Fsp3) is 0.647. The second-order valence-corrected chi connectivity index (χ2v) is 6.01. The lowest BCUT2D eigenvalue weighted by atomic mass is 9.90. The molecule has 1 aromatic rings. The Morgan fingerprint density at radius 3 is 2.62 bits per heavy atom. The molecule has 1 aromatic carbocycles. The Hall–Kier alpha value is -0.940. The molecule has 3 N–H and O–H groups in total. The van der Waals surface area contributed by atoms with Gasteiger partial charge in [-0.2, -0.15) is 0 Å². The van der Waals surface area contributed by atoms with E-state index in [4.69, 9.17) is 5.11 Å². The van der Waals surface area contributed by atoms with Crippen molar-refractivity contribution in [2.24, 2.45) is 5.92 Å². The van der Waals surface area contributed by atoms with Crippen LogP contribution in [0, 0.1) is 5.92 Å². The highest BCUT2D eigenvalue weighted by Crippen LogP contribution is 2.21. The lowest BCUT2D eigenvalue weighted by molar-refractivity contribution is 0.108. The van der Waals surface area contributed by atoms with E-state index in [9.17, 15) is 5.11 Å². The molecule has 0 radical (unpaired) electrons. The molecule has 1 fully saturated rings. The topological polar surface area (TPSA) is 55.7 Å². The maximum Gasteiger partial charge on any atom is 0.0558 e. The lowest BCUT2D eigenvalue weighted by Gasteiger charge is -2.38. The average Bonchev–Trinajstić information content (AvgIpc) is 2.52. The van der Waals surface area contributed by atoms with Crippen molar-refractivity contribution in [3.8, 4) is 0 Å². The highest BCUT2D eigenvalue weighted by molar-refractivity contribution is 5.14. The Morgan fingerprint density at radius 2 is 1.90 bits per heavy atom. The Morgan fingerprint density at radius 1 is 1.10 bits per heavy atom. The van der Waals surface area contributed by atoms with Gasteiger partial charge in [0.15, 0.2) is 0 Å². The summed E-state index contributed by atoms with van der Waals surface area (Å²) >= 11 is 0. The lowest BCUT2D eigenvalue weighted by Crippen LogP contribution is -2.49. The number of nitrogens with zero attached hydrogens (tertiary/aromatic N) is 1. The maximum absolute atomic E-state index is 9.17. The van der Waals surface area contributed by atoms with E-state index in [2.05, 4.69) is 34.5 Å². The molecule has 21 heavy (non-hydrogen) atoms. The Balaban J connectivity index is 1.84. The van der Waals surface area contributed by atoms with Crippen LogP contribution in [0.15, 0.2) is 30.3 Å². The molecule has 1 aliphatic rings. The van der Waals surface area contributed by atoms with Crippen LogP contribution in [0.3, 0.4) is 0 Å². The quantitative estimate of drug-likeness (QED) is 0.674. The number of rotatable bonds is 8. The van der Waals surface area contributed by atoms with E-state index in [1.165, 1.54) is 5.56 Å². The molecule has 0 aliphatic carbocycles. The van der Waals surface area contributed by atoms with Gasteiger partial charge in [0.2, 0.25) is 0 Å². The van der Waals surface area contributed by atoms with Crippen LogP contribution in [-0.4, -0.2) is 54.0 Å². The summed E-state index contributed by atoms with van der Waals surface area (Å²) in [7, 11) is 0. The number of aliphatic hydroxyl groups excluding tert-OH is 2. The van der Waals surface area contributed by atoms with Gasteiger partial charge in [0, 0.05) is 38.8 Å². The van der Waals surface area contributed by atoms with E-state index in [1.54, 1.807) is 0 Å². The van der Waals surface area contributed by atoms with Crippen LogP contribution in [-0.2, 0) is 6.54 Å². The molecule has 1 aliphatic heterocycles. The van der Waals surface area contributed by atoms with E-state index < -0.39 is 0 Å². The second-order valence-electron chi connectivity index (χ2n) is 6.01. The molecule has 2 unspecified atom stereocenters. The molecular weight excluding hydrogens is 264 g/mol. The standard InChI is InChI=1S/C17H28N2O2/c20-9-4-7-16-11-17(14-19(13-16)8-10-21)18-12-15-5-2-1-3-6-15/h1-3,5-6,16-18,20-21H,4,7-14H2. The van der Waals surface area contributed by atoms with Crippen molar-refractivity contribution < 1.29 is 10.2 Å². The summed E-state index contributed by atoms with van der Waals surface area (Å²) in [6.45, 7) is 4.19. The molecule has 1 heterocycles. The zero-order chi connectivity index (χ0) is 14.9. The van der Waals surface area contributed by atoms with Crippen molar-refractivity contribution in [3.05, 3.63) is 35.9 Å². The van der Waals surface area contributed by atoms with Crippen LogP contribution >= 0.6 is 0 Å². The number of aliphatic hydroxyl groups is 2. The zero-order valence-electron chi connectivity index (χ0n) is 12.7. The van der Waals surface area contributed by atoms with Crippen LogP contribution in [0.5, 0.6) is 0 Å². The Bertz CT molecular complexity index is 386. The van der Waals surface area contributed by atoms with Crippen molar-refractivity contribution in [1.82, 2.24) is 10.2 Å². The predicted molar refractivity (Wildman–Crippen MR) is 85.0 cm³/mol. The first-order valence-electron chi connectivity index (χ1n) is 8.03. The van der Waals surface area contributed by atoms with Gasteiger partial charge in [-0.1, -0.05) is 30.3 Å². The van der Waals surface area contributed by atoms with Gasteiger partial charge in [0.25, 0.3) is 0 Å². The highest BCUT2D eigenvalue weighted by Gasteiger charge is 2.26. The van der Waals surface area contributed by atoms with Crippen LogP contribution < -0.4 is 5.32 Å². The normalized spacial score (nSPS) is 23.3. The molecule has 0 saturated carbocycles. The van der Waals surface area contributed by atoms with Crippen molar-refractivity contribution in [2.45, 2.75) is 31.8 Å². The molecule has 0 aromatic heterocycles. The predicted octanol–water partition coefficient (Wildman–Crippen LogP) is 1.23. The SMILES string of the molecule is OCCCC1CC(NCc2ccccc2)CN(CCO)C1. The number of hydrogen-bond acceptors (Lipinski definition) is 4. The van der Waals surface area contributed by atoms with Crippen LogP contribution in [0.25, 0.3) is 0 Å². The van der Waals surface area contributed by atoms with E-state index >= 15 is 0 Å². The number of β-amino-alcohol motifs (C(OH)–C–C–N with tert-alkyl or cyclic N) is 1. The monoisotopic (exact) mass is 292 g/mol. The smallest absolute Gasteiger partial charge is 0.0558 e. The van der Waals surface area contributed by atoms with E-state index in [1.807, 2.05) is 6.07 Å². The maximum atomic E-state index is 9.17. The van der Waals surface area contributed by atoms with Crippen molar-refractivity contribution in [2.75, 3.05) is 32.8 Å². The van der Waals surface area contributed by atoms with Crippen LogP contribution in [0.4, 0.5) is 0 Å². The Labute approximate surface area is 127 Å². The van der Waals surface area contributed by atoms with Crippen LogP contribution in [0.1, 0.15) is 24.8 Å². The second kappa shape index (κ2) is 9.15. The first kappa shape index (κ1) is 16.4. The summed E-state index contributed by atoms with van der Waals surface area (Å²) in [5, 5.41) is 21.8. The first-order valence-corrected chi connectivity index (χ1v) is 8.03. The summed E-state index contributed by atoms with van der Waals surface area (Å²) < 4.78 is 0. The Kier molecular flexibility index (Phi) is 7.16. The number of likely N-dealkylation sites (tertiary alicyclic amines) is 1. The summed E-state index contributed by atoms with van der Waals surface area (Å²) in [6, 6.07) is 10.9. The molecule has 0 amide bonds. The van der Waals surface area contributed by atoms with Crippen LogP contribution in [0.2, 0.25) is 0 Å². The van der Waals surface area contributed by atoms with Gasteiger partial charge in [-0.15, -0.1) is 0 Å². The molecule has 1 saturated heterocycles. The minimum atomic E-state index is 0.220. The van der Waals surface area contributed by atoms with Crippen molar-refractivity contribution in [3.63, 3.8) is 0 Å². The first-order chi connectivity index (χ1) is 10.3. The molecule has 0 spiro atoms. The van der Waals surface area contributed by atoms with Gasteiger partial charge in [-0.25, -0.2) is 0 Å². The largest absolute Gasteiger partial charge is 0.396 e. The van der Waals surface area contributed by atoms with Gasteiger partial charge in [-0.3, -0.25) is 4.90 Å². The molecular formula is C17H28N2O2. The third kappa shape index (κ3) is 5.75. The summed E-state index contributed by atoms with van der Waals surface area (Å²) in [4.78, 5) is 2.34. The molecule has 4 heteroatoms. The third-order valence-corrected chi connectivity index (χ3v) is 4.24. The van der Waals surface area contributed by atoms with Gasteiger partial charge in [0.05, 0.1) is 6.61 Å². The van der Waals surface area contributed by atoms with E-state index in [0.717, 1.165) is 45.4 Å². The van der Waals surface area contributed by atoms with E-state index in [0.29, 0.717) is 12.0 Å². The molecule has 2 atom stereocenters. The number of hydrogen-bond donors (Lipinski definition) is 3. The fourth-order valence-electron chi connectivity index (χ4n) is 3.22. The number of piperidine rings is 1. The van der Waals surface area contributed by atoms with Crippen molar-refractivity contribution in [1.29, 1.82) is 0 Å². The fourth-order valence-corrected chi connectivity index (χ4v) is 3.22. The van der Waals surface area contributed by atoms with Crippen molar-refractivity contribution >= 4 is 0 Å². The molecule has 4 nitrogen and oxygen atoms in total. The van der Waals surface area contributed by atoms with Gasteiger partial charge < -0.3 is 15.5 Å². The van der Waals surface area contributed by atoms with E-state index in [-0.39, 0.29) is 13.2 Å². The molecule has 118 valence electrons. The summed E-state index contributed by atoms with van der Waals surface area (Å²) in [6.07, 6.45) is 3.11.